The second kappa shape index (κ2) is 9.62. The second-order valence-electron chi connectivity index (χ2n) is 9.43. The highest BCUT2D eigenvalue weighted by Crippen LogP contribution is 2.44. The van der Waals surface area contributed by atoms with E-state index < -0.39 is 0 Å². The number of nitrogens with one attached hydrogen (secondary N) is 1. The van der Waals surface area contributed by atoms with E-state index in [2.05, 4.69) is 63.8 Å². The Labute approximate surface area is 201 Å². The van der Waals surface area contributed by atoms with Crippen molar-refractivity contribution in [3.63, 3.8) is 0 Å². The molecule has 0 bridgehead atoms. The fourth-order valence-corrected chi connectivity index (χ4v) is 5.64. The van der Waals surface area contributed by atoms with Crippen molar-refractivity contribution in [2.45, 2.75) is 43.8 Å². The predicted molar refractivity (Wildman–Crippen MR) is 137 cm³/mol. The minimum atomic E-state index is -0.0890. The topological polar surface area (TPSA) is 115 Å². The molecule has 7 N–H and O–H groups in total. The number of pyridine rings is 1. The average molecular weight is 459 g/mol. The van der Waals surface area contributed by atoms with Crippen LogP contribution in [-0.4, -0.2) is 29.5 Å². The standard InChI is InChI=1S/C27H34N6O/c28-24-17-22(25(29)26(31-24)32-30)21(19-7-2-1-3-8-19)10-6-14-33-15-12-27(13-16-33)23-11-5-4-9-20(23)18-34-27/h1-5,7-9,11,17,21H,6,10,12-16,18,29-30H2,(H3,28,31,32). The van der Waals surface area contributed by atoms with E-state index in [1.165, 1.54) is 16.7 Å². The molecule has 2 aliphatic rings. The third kappa shape index (κ3) is 4.34. The molecule has 0 amide bonds. The molecular weight excluding hydrogens is 424 g/mol. The van der Waals surface area contributed by atoms with Gasteiger partial charge in [0.15, 0.2) is 5.82 Å². The fraction of sp³-hybridized carbons (Fsp3) is 0.370. The van der Waals surface area contributed by atoms with Gasteiger partial charge in [-0.25, -0.2) is 10.8 Å². The first-order chi connectivity index (χ1) is 16.6. The smallest absolute Gasteiger partial charge is 0.165 e. The number of anilines is 3. The molecule has 2 aromatic carbocycles. The van der Waals surface area contributed by atoms with Crippen LogP contribution in [0, 0.1) is 0 Å². The summed E-state index contributed by atoms with van der Waals surface area (Å²) in [4.78, 5) is 6.79. The number of nitrogens with zero attached hydrogens (tertiary/aromatic N) is 2. The summed E-state index contributed by atoms with van der Waals surface area (Å²) in [6.45, 7) is 3.89. The van der Waals surface area contributed by atoms with Crippen LogP contribution >= 0.6 is 0 Å². The van der Waals surface area contributed by atoms with Gasteiger partial charge in [0.1, 0.15) is 5.82 Å². The fourth-order valence-electron chi connectivity index (χ4n) is 5.64. The first-order valence-electron chi connectivity index (χ1n) is 12.1. The van der Waals surface area contributed by atoms with E-state index in [0.29, 0.717) is 17.3 Å². The third-order valence-corrected chi connectivity index (χ3v) is 7.47. The maximum Gasteiger partial charge on any atom is 0.165 e. The Balaban J connectivity index is 1.26. The number of ether oxygens (including phenoxy) is 1. The van der Waals surface area contributed by atoms with Crippen molar-refractivity contribution >= 4 is 17.3 Å². The molecule has 0 saturated carbocycles. The number of aromatic nitrogens is 1. The Hall–Kier alpha value is -3.13. The molecule has 0 radical (unpaired) electrons. The molecule has 7 heteroatoms. The van der Waals surface area contributed by atoms with E-state index >= 15 is 0 Å². The van der Waals surface area contributed by atoms with Crippen LogP contribution in [0.4, 0.5) is 17.3 Å². The maximum absolute atomic E-state index is 6.44. The lowest BCUT2D eigenvalue weighted by Crippen LogP contribution is -2.42. The number of hydrogen-bond acceptors (Lipinski definition) is 7. The van der Waals surface area contributed by atoms with Crippen LogP contribution in [0.1, 0.15) is 53.9 Å². The molecular formula is C27H34N6O. The summed E-state index contributed by atoms with van der Waals surface area (Å²) in [5, 5.41) is 0. The van der Waals surface area contributed by atoms with Crippen LogP contribution in [0.2, 0.25) is 0 Å². The highest BCUT2D eigenvalue weighted by Gasteiger charge is 2.42. The minimum Gasteiger partial charge on any atom is -0.395 e. The summed E-state index contributed by atoms with van der Waals surface area (Å²) >= 11 is 0. The lowest BCUT2D eigenvalue weighted by Gasteiger charge is -2.39. The van der Waals surface area contributed by atoms with E-state index in [9.17, 15) is 0 Å². The highest BCUT2D eigenvalue weighted by molar-refractivity contribution is 5.70. The molecule has 3 aromatic rings. The van der Waals surface area contributed by atoms with Crippen molar-refractivity contribution in [1.82, 2.24) is 9.88 Å². The number of nitrogen functional groups attached to an aromatic ring is 3. The van der Waals surface area contributed by atoms with Crippen LogP contribution in [-0.2, 0) is 16.9 Å². The number of benzene rings is 2. The van der Waals surface area contributed by atoms with Crippen LogP contribution in [0.15, 0.2) is 60.7 Å². The molecule has 1 saturated heterocycles. The molecule has 2 aliphatic heterocycles. The Kier molecular flexibility index (Phi) is 6.41. The lowest BCUT2D eigenvalue weighted by atomic mass is 9.83. The number of piperidine rings is 1. The van der Waals surface area contributed by atoms with Crippen LogP contribution in [0.25, 0.3) is 0 Å². The van der Waals surface area contributed by atoms with Gasteiger partial charge in [0.05, 0.1) is 17.9 Å². The molecule has 34 heavy (non-hydrogen) atoms. The Bertz CT molecular complexity index is 1130. The molecule has 178 valence electrons. The van der Waals surface area contributed by atoms with Crippen LogP contribution in [0.3, 0.4) is 0 Å². The van der Waals surface area contributed by atoms with Gasteiger partial charge in [-0.05, 0) is 60.5 Å². The molecule has 5 rings (SSSR count). The van der Waals surface area contributed by atoms with Crippen molar-refractivity contribution in [2.75, 3.05) is 36.5 Å². The molecule has 1 fully saturated rings. The van der Waals surface area contributed by atoms with E-state index in [0.717, 1.165) is 57.5 Å². The second-order valence-corrected chi connectivity index (χ2v) is 9.43. The summed E-state index contributed by atoms with van der Waals surface area (Å²) < 4.78 is 6.33. The SMILES string of the molecule is NNc1nc(N)cc(C(CCCN2CCC3(CC2)OCc2ccccc23)c2ccccc2)c1N. The molecule has 0 aliphatic carbocycles. The van der Waals surface area contributed by atoms with Gasteiger partial charge in [0.2, 0.25) is 0 Å². The summed E-state index contributed by atoms with van der Waals surface area (Å²) in [5.74, 6) is 6.60. The first kappa shape index (κ1) is 22.7. The van der Waals surface area contributed by atoms with Crippen LogP contribution in [0.5, 0.6) is 0 Å². The van der Waals surface area contributed by atoms with E-state index in [4.69, 9.17) is 22.0 Å². The lowest BCUT2D eigenvalue weighted by molar-refractivity contribution is -0.0788. The summed E-state index contributed by atoms with van der Waals surface area (Å²) in [7, 11) is 0. The molecule has 7 nitrogen and oxygen atoms in total. The van der Waals surface area contributed by atoms with Gasteiger partial charge in [-0.3, -0.25) is 0 Å². The van der Waals surface area contributed by atoms with Gasteiger partial charge in [0, 0.05) is 19.0 Å². The number of rotatable bonds is 7. The average Bonchev–Trinajstić information content (AvgIpc) is 3.23. The summed E-state index contributed by atoms with van der Waals surface area (Å²) in [6, 6.07) is 21.0. The van der Waals surface area contributed by atoms with Gasteiger partial charge in [-0.15, -0.1) is 0 Å². The van der Waals surface area contributed by atoms with Gasteiger partial charge in [0.25, 0.3) is 0 Å². The van der Waals surface area contributed by atoms with Crippen molar-refractivity contribution in [3.05, 3.63) is 82.9 Å². The summed E-state index contributed by atoms with van der Waals surface area (Å²) in [6.07, 6.45) is 4.11. The zero-order valence-corrected chi connectivity index (χ0v) is 19.5. The zero-order valence-electron chi connectivity index (χ0n) is 19.5. The number of fused-ring (bicyclic) bond motifs is 2. The number of hydrazine groups is 1. The normalized spacial score (nSPS) is 18.0. The van der Waals surface area contributed by atoms with Gasteiger partial charge >= 0.3 is 0 Å². The molecule has 1 atom stereocenters. The zero-order chi connectivity index (χ0) is 23.5. The van der Waals surface area contributed by atoms with Crippen molar-refractivity contribution in [2.24, 2.45) is 5.84 Å². The first-order valence-corrected chi connectivity index (χ1v) is 12.1. The largest absolute Gasteiger partial charge is 0.395 e. The van der Waals surface area contributed by atoms with E-state index in [1.807, 2.05) is 12.1 Å². The molecule has 1 aromatic heterocycles. The Morgan fingerprint density at radius 3 is 2.53 bits per heavy atom. The van der Waals surface area contributed by atoms with E-state index in [1.54, 1.807) is 0 Å². The van der Waals surface area contributed by atoms with Crippen LogP contribution < -0.4 is 22.7 Å². The van der Waals surface area contributed by atoms with Crippen molar-refractivity contribution in [1.29, 1.82) is 0 Å². The van der Waals surface area contributed by atoms with Crippen molar-refractivity contribution in [3.8, 4) is 0 Å². The molecule has 1 spiro atoms. The van der Waals surface area contributed by atoms with Crippen molar-refractivity contribution < 1.29 is 4.74 Å². The third-order valence-electron chi connectivity index (χ3n) is 7.47. The quantitative estimate of drug-likeness (QED) is 0.313. The Morgan fingerprint density at radius 1 is 1.03 bits per heavy atom. The molecule has 3 heterocycles. The van der Waals surface area contributed by atoms with Gasteiger partial charge in [-0.2, -0.15) is 0 Å². The monoisotopic (exact) mass is 458 g/mol. The Morgan fingerprint density at radius 2 is 1.76 bits per heavy atom. The van der Waals surface area contributed by atoms with Gasteiger partial charge < -0.3 is 26.5 Å². The molecule has 1 unspecified atom stereocenters. The number of hydrogen-bond donors (Lipinski definition) is 4. The predicted octanol–water partition coefficient (Wildman–Crippen LogP) is 3.97. The van der Waals surface area contributed by atoms with Gasteiger partial charge in [-0.1, -0.05) is 54.6 Å². The number of nitrogens with two attached hydrogens (primary N) is 3. The minimum absolute atomic E-state index is 0.0890. The highest BCUT2D eigenvalue weighted by atomic mass is 16.5. The summed E-state index contributed by atoms with van der Waals surface area (Å²) in [5.41, 5.74) is 20.5. The number of likely N-dealkylation sites (tertiary alicyclic amines) is 1. The van der Waals surface area contributed by atoms with E-state index in [-0.39, 0.29) is 11.5 Å². The maximum atomic E-state index is 6.44.